The lowest BCUT2D eigenvalue weighted by Crippen LogP contribution is -2.47. The number of likely N-dealkylation sites (tertiary alicyclic amines) is 1. The fourth-order valence-electron chi connectivity index (χ4n) is 2.62. The van der Waals surface area contributed by atoms with Gasteiger partial charge in [-0.2, -0.15) is 0 Å². The van der Waals surface area contributed by atoms with Gasteiger partial charge in [-0.25, -0.2) is 0 Å². The van der Waals surface area contributed by atoms with Gasteiger partial charge in [0.15, 0.2) is 0 Å². The van der Waals surface area contributed by atoms with Crippen LogP contribution in [-0.2, 0) is 9.59 Å². The van der Waals surface area contributed by atoms with Gasteiger partial charge in [-0.15, -0.1) is 0 Å². The lowest BCUT2D eigenvalue weighted by molar-refractivity contribution is -0.152. The van der Waals surface area contributed by atoms with Crippen molar-refractivity contribution >= 4 is 11.9 Å². The number of rotatable bonds is 7. The first-order valence-corrected chi connectivity index (χ1v) is 7.62. The van der Waals surface area contributed by atoms with E-state index >= 15 is 0 Å². The minimum Gasteiger partial charge on any atom is -0.481 e. The molecule has 0 saturated carbocycles. The van der Waals surface area contributed by atoms with Crippen molar-refractivity contribution in [2.75, 3.05) is 26.2 Å². The average molecular weight is 284 g/mol. The van der Waals surface area contributed by atoms with Crippen LogP contribution < -0.4 is 5.32 Å². The molecule has 1 fully saturated rings. The molecule has 0 atom stereocenters. The Hall–Kier alpha value is -1.10. The highest BCUT2D eigenvalue weighted by Crippen LogP contribution is 2.34. The van der Waals surface area contributed by atoms with Crippen LogP contribution in [0.4, 0.5) is 0 Å². The van der Waals surface area contributed by atoms with Crippen LogP contribution in [0.15, 0.2) is 0 Å². The predicted octanol–water partition coefficient (Wildman–Crippen LogP) is 1.73. The number of nitrogens with zero attached hydrogens (tertiary/aromatic N) is 1. The Kier molecular flexibility index (Phi) is 6.46. The van der Waals surface area contributed by atoms with E-state index in [1.165, 1.54) is 0 Å². The number of carbonyl (C=O) groups is 2. The second-order valence-electron chi connectivity index (χ2n) is 6.25. The minimum atomic E-state index is -0.693. The predicted molar refractivity (Wildman–Crippen MR) is 78.5 cm³/mol. The standard InChI is InChI=1S/C15H28N2O3/c1-4-15(14(19)20)6-9-17(10-7-15)11-13(18)16-8-5-12(2)3/h12H,4-11H2,1-3H3,(H,16,18)(H,19,20). The molecule has 0 aliphatic carbocycles. The van der Waals surface area contributed by atoms with Gasteiger partial charge in [0.2, 0.25) is 5.91 Å². The minimum absolute atomic E-state index is 0.0463. The zero-order chi connectivity index (χ0) is 15.2. The Bertz CT molecular complexity index is 334. The summed E-state index contributed by atoms with van der Waals surface area (Å²) in [4.78, 5) is 25.2. The van der Waals surface area contributed by atoms with Gasteiger partial charge >= 0.3 is 5.97 Å². The molecule has 5 nitrogen and oxygen atoms in total. The van der Waals surface area contributed by atoms with Crippen LogP contribution in [0.25, 0.3) is 0 Å². The van der Waals surface area contributed by atoms with Gasteiger partial charge in [-0.05, 0) is 44.7 Å². The van der Waals surface area contributed by atoms with Gasteiger partial charge in [-0.1, -0.05) is 20.8 Å². The molecule has 20 heavy (non-hydrogen) atoms. The lowest BCUT2D eigenvalue weighted by Gasteiger charge is -2.37. The zero-order valence-corrected chi connectivity index (χ0v) is 12.9. The van der Waals surface area contributed by atoms with Crippen LogP contribution >= 0.6 is 0 Å². The Morgan fingerprint density at radius 1 is 1.30 bits per heavy atom. The van der Waals surface area contributed by atoms with Gasteiger partial charge in [0, 0.05) is 6.54 Å². The van der Waals surface area contributed by atoms with Crippen molar-refractivity contribution in [1.82, 2.24) is 10.2 Å². The first-order chi connectivity index (χ1) is 9.39. The average Bonchev–Trinajstić information content (AvgIpc) is 2.39. The maximum Gasteiger partial charge on any atom is 0.309 e. The molecule has 1 aliphatic rings. The lowest BCUT2D eigenvalue weighted by atomic mass is 9.76. The fourth-order valence-corrected chi connectivity index (χ4v) is 2.62. The van der Waals surface area contributed by atoms with Crippen molar-refractivity contribution in [3.63, 3.8) is 0 Å². The maximum atomic E-state index is 11.8. The third kappa shape index (κ3) is 4.78. The molecule has 1 rings (SSSR count). The first-order valence-electron chi connectivity index (χ1n) is 7.62. The smallest absolute Gasteiger partial charge is 0.309 e. The molecule has 0 aromatic carbocycles. The second-order valence-corrected chi connectivity index (χ2v) is 6.25. The van der Waals surface area contributed by atoms with Crippen molar-refractivity contribution in [2.24, 2.45) is 11.3 Å². The summed E-state index contributed by atoms with van der Waals surface area (Å²) >= 11 is 0. The number of piperidine rings is 1. The number of aliphatic carboxylic acids is 1. The van der Waals surface area contributed by atoms with Gasteiger partial charge in [-0.3, -0.25) is 14.5 Å². The number of hydrogen-bond donors (Lipinski definition) is 2. The van der Waals surface area contributed by atoms with E-state index in [0.29, 0.717) is 44.8 Å². The van der Waals surface area contributed by atoms with Crippen LogP contribution in [0.2, 0.25) is 0 Å². The van der Waals surface area contributed by atoms with Crippen LogP contribution in [0, 0.1) is 11.3 Å². The molecule has 1 amide bonds. The number of nitrogens with one attached hydrogen (secondary N) is 1. The third-order valence-electron chi connectivity index (χ3n) is 4.35. The van der Waals surface area contributed by atoms with Crippen LogP contribution in [0.1, 0.15) is 46.5 Å². The highest BCUT2D eigenvalue weighted by molar-refractivity contribution is 5.78. The normalized spacial score (nSPS) is 19.0. The summed E-state index contributed by atoms with van der Waals surface area (Å²) in [5.41, 5.74) is -0.579. The molecule has 0 spiro atoms. The van der Waals surface area contributed by atoms with Crippen molar-refractivity contribution in [3.8, 4) is 0 Å². The van der Waals surface area contributed by atoms with E-state index < -0.39 is 11.4 Å². The van der Waals surface area contributed by atoms with Crippen LogP contribution in [0.3, 0.4) is 0 Å². The monoisotopic (exact) mass is 284 g/mol. The first kappa shape index (κ1) is 17.0. The van der Waals surface area contributed by atoms with Crippen LogP contribution in [-0.4, -0.2) is 48.1 Å². The molecule has 0 bridgehead atoms. The molecular formula is C15H28N2O3. The molecule has 0 aromatic rings. The van der Waals surface area contributed by atoms with Crippen molar-refractivity contribution in [2.45, 2.75) is 46.5 Å². The van der Waals surface area contributed by atoms with E-state index in [9.17, 15) is 14.7 Å². The van der Waals surface area contributed by atoms with Crippen molar-refractivity contribution < 1.29 is 14.7 Å². The summed E-state index contributed by atoms with van der Waals surface area (Å²) in [6.45, 7) is 8.69. The summed E-state index contributed by atoms with van der Waals surface area (Å²) in [5, 5.41) is 12.2. The highest BCUT2D eigenvalue weighted by Gasteiger charge is 2.39. The van der Waals surface area contributed by atoms with E-state index in [2.05, 4.69) is 24.1 Å². The van der Waals surface area contributed by atoms with E-state index in [4.69, 9.17) is 0 Å². The van der Waals surface area contributed by atoms with E-state index in [0.717, 1.165) is 13.0 Å². The van der Waals surface area contributed by atoms with Gasteiger partial charge in [0.25, 0.3) is 0 Å². The van der Waals surface area contributed by atoms with Crippen molar-refractivity contribution in [1.29, 1.82) is 0 Å². The molecule has 1 saturated heterocycles. The van der Waals surface area contributed by atoms with Gasteiger partial charge in [0.1, 0.15) is 0 Å². The molecule has 2 N–H and O–H groups in total. The Morgan fingerprint density at radius 2 is 1.90 bits per heavy atom. The molecule has 5 heteroatoms. The van der Waals surface area contributed by atoms with Gasteiger partial charge in [0.05, 0.1) is 12.0 Å². The highest BCUT2D eigenvalue weighted by atomic mass is 16.4. The quantitative estimate of drug-likeness (QED) is 0.747. The zero-order valence-electron chi connectivity index (χ0n) is 12.9. The number of carboxylic acids is 1. The second kappa shape index (κ2) is 7.62. The molecule has 116 valence electrons. The summed E-state index contributed by atoms with van der Waals surface area (Å²) < 4.78 is 0. The summed E-state index contributed by atoms with van der Waals surface area (Å²) in [5.74, 6) is -0.0583. The maximum absolute atomic E-state index is 11.8. The summed E-state index contributed by atoms with van der Waals surface area (Å²) in [6, 6.07) is 0. The third-order valence-corrected chi connectivity index (χ3v) is 4.35. The molecule has 0 unspecified atom stereocenters. The molecule has 0 aromatic heterocycles. The van der Waals surface area contributed by atoms with Crippen LogP contribution in [0.5, 0.6) is 0 Å². The van der Waals surface area contributed by atoms with Crippen molar-refractivity contribution in [3.05, 3.63) is 0 Å². The van der Waals surface area contributed by atoms with Gasteiger partial charge < -0.3 is 10.4 Å². The number of hydrogen-bond acceptors (Lipinski definition) is 3. The SMILES string of the molecule is CCC1(C(=O)O)CCN(CC(=O)NCCC(C)C)CC1. The number of carbonyl (C=O) groups excluding carboxylic acids is 1. The number of amides is 1. The Morgan fingerprint density at radius 3 is 2.35 bits per heavy atom. The number of carboxylic acid groups (broad SMARTS) is 1. The largest absolute Gasteiger partial charge is 0.481 e. The summed E-state index contributed by atoms with van der Waals surface area (Å²) in [6.07, 6.45) is 2.93. The van der Waals surface area contributed by atoms with E-state index in [1.807, 2.05) is 6.92 Å². The molecule has 0 radical (unpaired) electrons. The van der Waals surface area contributed by atoms with E-state index in [-0.39, 0.29) is 5.91 Å². The van der Waals surface area contributed by atoms with E-state index in [1.54, 1.807) is 0 Å². The fraction of sp³-hybridized carbons (Fsp3) is 0.867. The molecule has 1 aliphatic heterocycles. The topological polar surface area (TPSA) is 69.6 Å². The Balaban J connectivity index is 2.31. The molecular weight excluding hydrogens is 256 g/mol. The molecule has 1 heterocycles. The summed E-state index contributed by atoms with van der Waals surface area (Å²) in [7, 11) is 0. The Labute approximate surface area is 121 Å².